The third kappa shape index (κ3) is 5.01. The zero-order valence-corrected chi connectivity index (χ0v) is 13.0. The number of rotatable bonds is 7. The zero-order chi connectivity index (χ0) is 15.8. The SMILES string of the molecule is CCOC(=O)CC[C@@H](N)Cc1ccc(-c2ccccc2)cc1. The second-order valence-corrected chi connectivity index (χ2v) is 5.37. The van der Waals surface area contributed by atoms with Crippen LogP contribution in [0, 0.1) is 0 Å². The normalized spacial score (nSPS) is 11.9. The Bertz CT molecular complexity index is 578. The Labute approximate surface area is 132 Å². The summed E-state index contributed by atoms with van der Waals surface area (Å²) in [6.07, 6.45) is 1.81. The van der Waals surface area contributed by atoms with Crippen molar-refractivity contribution in [2.24, 2.45) is 5.73 Å². The Morgan fingerprint density at radius 1 is 1.05 bits per heavy atom. The lowest BCUT2D eigenvalue weighted by Crippen LogP contribution is -2.24. The molecule has 3 heteroatoms. The summed E-state index contributed by atoms with van der Waals surface area (Å²) in [6, 6.07) is 18.7. The topological polar surface area (TPSA) is 52.3 Å². The lowest BCUT2D eigenvalue weighted by Gasteiger charge is -2.11. The van der Waals surface area contributed by atoms with Crippen LogP contribution in [0.3, 0.4) is 0 Å². The second-order valence-electron chi connectivity index (χ2n) is 5.37. The molecule has 0 fully saturated rings. The molecule has 116 valence electrons. The predicted octanol–water partition coefficient (Wildman–Crippen LogP) is 3.57. The van der Waals surface area contributed by atoms with Crippen LogP contribution in [0.2, 0.25) is 0 Å². The molecular formula is C19H23NO2. The fourth-order valence-electron chi connectivity index (χ4n) is 2.41. The average molecular weight is 297 g/mol. The molecule has 2 rings (SSSR count). The lowest BCUT2D eigenvalue weighted by atomic mass is 9.99. The Hall–Kier alpha value is -2.13. The van der Waals surface area contributed by atoms with Gasteiger partial charge in [-0.25, -0.2) is 0 Å². The van der Waals surface area contributed by atoms with E-state index in [9.17, 15) is 4.79 Å². The molecule has 0 saturated heterocycles. The average Bonchev–Trinajstić information content (AvgIpc) is 2.55. The Morgan fingerprint density at radius 2 is 1.68 bits per heavy atom. The molecule has 0 saturated carbocycles. The van der Waals surface area contributed by atoms with Gasteiger partial charge in [0.15, 0.2) is 0 Å². The maximum absolute atomic E-state index is 11.3. The quantitative estimate of drug-likeness (QED) is 0.795. The fourth-order valence-corrected chi connectivity index (χ4v) is 2.41. The summed E-state index contributed by atoms with van der Waals surface area (Å²) in [5.41, 5.74) is 9.69. The highest BCUT2D eigenvalue weighted by atomic mass is 16.5. The maximum Gasteiger partial charge on any atom is 0.305 e. The molecule has 0 heterocycles. The van der Waals surface area contributed by atoms with Gasteiger partial charge in [-0.15, -0.1) is 0 Å². The van der Waals surface area contributed by atoms with Crippen LogP contribution >= 0.6 is 0 Å². The molecule has 22 heavy (non-hydrogen) atoms. The summed E-state index contributed by atoms with van der Waals surface area (Å²) >= 11 is 0. The van der Waals surface area contributed by atoms with Gasteiger partial charge >= 0.3 is 5.97 Å². The second kappa shape index (κ2) is 8.35. The molecule has 1 atom stereocenters. The number of carbonyl (C=O) groups is 1. The van der Waals surface area contributed by atoms with Gasteiger partial charge in [-0.2, -0.15) is 0 Å². The van der Waals surface area contributed by atoms with E-state index in [2.05, 4.69) is 36.4 Å². The Kier molecular flexibility index (Phi) is 6.16. The first kappa shape index (κ1) is 16.2. The first-order chi connectivity index (χ1) is 10.7. The smallest absolute Gasteiger partial charge is 0.305 e. The van der Waals surface area contributed by atoms with Gasteiger partial charge in [0, 0.05) is 12.5 Å². The van der Waals surface area contributed by atoms with E-state index in [0.717, 1.165) is 6.42 Å². The molecule has 0 bridgehead atoms. The first-order valence-corrected chi connectivity index (χ1v) is 7.74. The van der Waals surface area contributed by atoms with Gasteiger partial charge in [-0.05, 0) is 36.5 Å². The largest absolute Gasteiger partial charge is 0.466 e. The Morgan fingerprint density at radius 3 is 2.32 bits per heavy atom. The highest BCUT2D eigenvalue weighted by Gasteiger charge is 2.09. The van der Waals surface area contributed by atoms with Crippen molar-refractivity contribution in [2.75, 3.05) is 6.61 Å². The molecule has 2 N–H and O–H groups in total. The van der Waals surface area contributed by atoms with Gasteiger partial charge in [-0.3, -0.25) is 4.79 Å². The predicted molar refractivity (Wildman–Crippen MR) is 89.4 cm³/mol. The third-order valence-corrected chi connectivity index (χ3v) is 3.58. The molecule has 3 nitrogen and oxygen atoms in total. The minimum atomic E-state index is -0.169. The first-order valence-electron chi connectivity index (χ1n) is 7.74. The van der Waals surface area contributed by atoms with Gasteiger partial charge in [0.25, 0.3) is 0 Å². The van der Waals surface area contributed by atoms with Crippen molar-refractivity contribution in [1.29, 1.82) is 0 Å². The standard InChI is InChI=1S/C19H23NO2/c1-2-22-19(21)13-12-18(20)14-15-8-10-17(11-9-15)16-6-4-3-5-7-16/h3-11,18H,2,12-14,20H2,1H3/t18-/m1/s1. The summed E-state index contributed by atoms with van der Waals surface area (Å²) in [5.74, 6) is -0.169. The summed E-state index contributed by atoms with van der Waals surface area (Å²) in [7, 11) is 0. The number of hydrogen-bond acceptors (Lipinski definition) is 3. The van der Waals surface area contributed by atoms with E-state index in [1.54, 1.807) is 0 Å². The maximum atomic E-state index is 11.3. The minimum Gasteiger partial charge on any atom is -0.466 e. The van der Waals surface area contributed by atoms with Crippen LogP contribution < -0.4 is 5.73 Å². The van der Waals surface area contributed by atoms with Gasteiger partial charge in [0.1, 0.15) is 0 Å². The van der Waals surface area contributed by atoms with E-state index in [4.69, 9.17) is 10.5 Å². The lowest BCUT2D eigenvalue weighted by molar-refractivity contribution is -0.143. The van der Waals surface area contributed by atoms with Crippen molar-refractivity contribution < 1.29 is 9.53 Å². The molecule has 2 aromatic carbocycles. The van der Waals surface area contributed by atoms with Crippen molar-refractivity contribution in [2.45, 2.75) is 32.2 Å². The van der Waals surface area contributed by atoms with E-state index in [1.165, 1.54) is 16.7 Å². The van der Waals surface area contributed by atoms with Gasteiger partial charge < -0.3 is 10.5 Å². The van der Waals surface area contributed by atoms with Crippen molar-refractivity contribution in [3.63, 3.8) is 0 Å². The van der Waals surface area contributed by atoms with Crippen LogP contribution in [0.25, 0.3) is 11.1 Å². The monoisotopic (exact) mass is 297 g/mol. The van der Waals surface area contributed by atoms with E-state index >= 15 is 0 Å². The summed E-state index contributed by atoms with van der Waals surface area (Å²) in [6.45, 7) is 2.24. The third-order valence-electron chi connectivity index (χ3n) is 3.58. The molecular weight excluding hydrogens is 274 g/mol. The molecule has 0 aliphatic carbocycles. The van der Waals surface area contributed by atoms with Crippen LogP contribution in [0.1, 0.15) is 25.3 Å². The minimum absolute atomic E-state index is 0.0213. The molecule has 0 aliphatic heterocycles. The van der Waals surface area contributed by atoms with Crippen LogP contribution in [0.15, 0.2) is 54.6 Å². The molecule has 0 spiro atoms. The summed E-state index contributed by atoms with van der Waals surface area (Å²) in [4.78, 5) is 11.3. The Balaban J connectivity index is 1.87. The molecule has 0 aromatic heterocycles. The van der Waals surface area contributed by atoms with Crippen LogP contribution in [0.5, 0.6) is 0 Å². The molecule has 0 unspecified atom stereocenters. The van der Waals surface area contributed by atoms with Crippen LogP contribution in [-0.2, 0) is 16.0 Å². The van der Waals surface area contributed by atoms with Gasteiger partial charge in [-0.1, -0.05) is 54.6 Å². The van der Waals surface area contributed by atoms with Crippen molar-refractivity contribution in [3.8, 4) is 11.1 Å². The van der Waals surface area contributed by atoms with Crippen LogP contribution in [-0.4, -0.2) is 18.6 Å². The molecule has 2 aromatic rings. The highest BCUT2D eigenvalue weighted by Crippen LogP contribution is 2.19. The molecule has 0 amide bonds. The summed E-state index contributed by atoms with van der Waals surface area (Å²) in [5, 5.41) is 0. The highest BCUT2D eigenvalue weighted by molar-refractivity contribution is 5.69. The fraction of sp³-hybridized carbons (Fsp3) is 0.316. The number of carbonyl (C=O) groups excluding carboxylic acids is 1. The van der Waals surface area contributed by atoms with E-state index in [-0.39, 0.29) is 12.0 Å². The van der Waals surface area contributed by atoms with E-state index in [0.29, 0.717) is 19.4 Å². The number of benzene rings is 2. The zero-order valence-electron chi connectivity index (χ0n) is 13.0. The van der Waals surface area contributed by atoms with E-state index < -0.39 is 0 Å². The van der Waals surface area contributed by atoms with Gasteiger partial charge in [0.05, 0.1) is 6.61 Å². The van der Waals surface area contributed by atoms with E-state index in [1.807, 2.05) is 25.1 Å². The summed E-state index contributed by atoms with van der Waals surface area (Å²) < 4.78 is 4.91. The number of ether oxygens (including phenoxy) is 1. The molecule has 0 radical (unpaired) electrons. The van der Waals surface area contributed by atoms with Crippen molar-refractivity contribution in [3.05, 3.63) is 60.2 Å². The van der Waals surface area contributed by atoms with Crippen LogP contribution in [0.4, 0.5) is 0 Å². The molecule has 0 aliphatic rings. The number of hydrogen-bond donors (Lipinski definition) is 1. The van der Waals surface area contributed by atoms with Gasteiger partial charge in [0.2, 0.25) is 0 Å². The van der Waals surface area contributed by atoms with Crippen molar-refractivity contribution in [1.82, 2.24) is 0 Å². The van der Waals surface area contributed by atoms with Crippen molar-refractivity contribution >= 4 is 5.97 Å². The number of esters is 1. The number of nitrogens with two attached hydrogens (primary N) is 1.